The summed E-state index contributed by atoms with van der Waals surface area (Å²) >= 11 is 5.24. The summed E-state index contributed by atoms with van der Waals surface area (Å²) in [6.07, 6.45) is 0. The van der Waals surface area contributed by atoms with Crippen molar-refractivity contribution in [3.8, 4) is 17.2 Å². The van der Waals surface area contributed by atoms with E-state index in [2.05, 4.69) is 38.4 Å². The summed E-state index contributed by atoms with van der Waals surface area (Å²) in [5, 5.41) is 26.3. The number of phenolic OH excluding ortho intramolecular Hbond substituents is 3. The Morgan fingerprint density at radius 1 is 0.481 bits per heavy atom. The molecule has 144 valence electrons. The number of phenols is 3. The second kappa shape index (κ2) is 16.2. The number of aromatic hydroxyl groups is 3. The van der Waals surface area contributed by atoms with Crippen molar-refractivity contribution in [1.29, 1.82) is 0 Å². The molecule has 3 rings (SSSR count). The van der Waals surface area contributed by atoms with Crippen LogP contribution in [0.3, 0.4) is 0 Å². The van der Waals surface area contributed by atoms with E-state index in [-0.39, 0.29) is 0 Å². The van der Waals surface area contributed by atoms with Crippen molar-refractivity contribution >= 4 is 38.4 Å². The maximum atomic E-state index is 8.76. The van der Waals surface area contributed by atoms with Gasteiger partial charge in [0.05, 0.1) is 0 Å². The number of aryl methyl sites for hydroxylation is 3. The zero-order valence-electron chi connectivity index (χ0n) is 15.5. The molecule has 3 aromatic rings. The van der Waals surface area contributed by atoms with Crippen molar-refractivity contribution in [3.05, 3.63) is 89.5 Å². The second-order valence-corrected chi connectivity index (χ2v) is 18.8. The Hall–Kier alpha value is -0.766. The number of halogens is 2. The van der Waals surface area contributed by atoms with Crippen molar-refractivity contribution in [1.82, 2.24) is 0 Å². The Morgan fingerprint density at radius 3 is 0.741 bits per heavy atom. The van der Waals surface area contributed by atoms with Crippen LogP contribution in [0.4, 0.5) is 0 Å². The second-order valence-electron chi connectivity index (χ2n) is 5.58. The fraction of sp³-hybridized carbons (Fsp3) is 0.143. The van der Waals surface area contributed by atoms with E-state index in [9.17, 15) is 0 Å². The molecule has 0 aliphatic heterocycles. The molecule has 0 aliphatic rings. The first kappa shape index (κ1) is 26.2. The van der Waals surface area contributed by atoms with Gasteiger partial charge in [-0.3, -0.25) is 0 Å². The number of hydrogen-bond acceptors (Lipinski definition) is 3. The summed E-state index contributed by atoms with van der Waals surface area (Å²) < 4.78 is 0. The van der Waals surface area contributed by atoms with Gasteiger partial charge in [0.25, 0.3) is 0 Å². The van der Waals surface area contributed by atoms with Crippen LogP contribution in [0, 0.1) is 20.8 Å². The van der Waals surface area contributed by atoms with Gasteiger partial charge in [-0.15, -0.1) is 0 Å². The molecule has 0 unspecified atom stereocenters. The maximum absolute atomic E-state index is 8.76. The summed E-state index contributed by atoms with van der Waals surface area (Å²) in [6, 6.07) is 21.3. The molecule has 27 heavy (non-hydrogen) atoms. The van der Waals surface area contributed by atoms with Crippen LogP contribution in [0.5, 0.6) is 17.2 Å². The summed E-state index contributed by atoms with van der Waals surface area (Å²) in [5.41, 5.74) is 3.51. The first-order valence-electron chi connectivity index (χ1n) is 8.01. The molecular weight excluding hydrogens is 602 g/mol. The summed E-state index contributed by atoms with van der Waals surface area (Å²) in [4.78, 5) is 0. The number of rotatable bonds is 0. The Labute approximate surface area is 191 Å². The van der Waals surface area contributed by atoms with E-state index in [1.807, 2.05) is 57.2 Å². The summed E-state index contributed by atoms with van der Waals surface area (Å²) in [6.45, 7) is 5.96. The van der Waals surface area contributed by atoms with Crippen LogP contribution in [0.15, 0.2) is 72.8 Å². The quantitative estimate of drug-likeness (QED) is 0.189. The van der Waals surface area contributed by atoms with Crippen molar-refractivity contribution in [2.75, 3.05) is 0 Å². The van der Waals surface area contributed by atoms with E-state index in [4.69, 9.17) is 15.3 Å². The van der Waals surface area contributed by atoms with Gasteiger partial charge in [-0.1, -0.05) is 53.1 Å². The SMILES string of the molecule is Cc1ccc(O)cc1.Cc1ccc(O)cc1.Cc1ccc(O)cc1.[I][Ti][I]. The standard InChI is InChI=1S/3C7H8O.2HI.Ti/c3*1-6-2-4-7(8)5-3-6;;;/h3*2-5,8H,1H3;2*1H;/q;;;;;+2/p-2. The van der Waals surface area contributed by atoms with Gasteiger partial charge < -0.3 is 15.3 Å². The van der Waals surface area contributed by atoms with Crippen molar-refractivity contribution in [2.45, 2.75) is 20.8 Å². The van der Waals surface area contributed by atoms with Crippen LogP contribution in [0.1, 0.15) is 16.7 Å². The van der Waals surface area contributed by atoms with Gasteiger partial charge >= 0.3 is 50.0 Å². The molecule has 3 N–H and O–H groups in total. The molecule has 0 atom stereocenters. The third kappa shape index (κ3) is 15.9. The van der Waals surface area contributed by atoms with E-state index in [0.29, 0.717) is 28.9 Å². The summed E-state index contributed by atoms with van der Waals surface area (Å²) in [7, 11) is 0. The molecule has 0 aliphatic carbocycles. The topological polar surface area (TPSA) is 60.7 Å². The molecule has 0 saturated heterocycles. The van der Waals surface area contributed by atoms with Crippen LogP contribution in [-0.4, -0.2) is 15.3 Å². The Morgan fingerprint density at radius 2 is 0.630 bits per heavy atom. The van der Waals surface area contributed by atoms with Gasteiger partial charge in [-0.25, -0.2) is 0 Å². The third-order valence-corrected chi connectivity index (χ3v) is 3.10. The molecule has 0 saturated carbocycles. The van der Waals surface area contributed by atoms with E-state index < -0.39 is 0 Å². The monoisotopic (exact) mass is 626 g/mol. The predicted molar refractivity (Wildman–Crippen MR) is 127 cm³/mol. The molecule has 0 fully saturated rings. The molecule has 0 spiro atoms. The van der Waals surface area contributed by atoms with Crippen LogP contribution in [-0.2, 0) is 11.7 Å². The van der Waals surface area contributed by atoms with E-state index in [1.54, 1.807) is 36.4 Å². The Bertz CT molecular complexity index is 564. The van der Waals surface area contributed by atoms with Crippen molar-refractivity contribution in [2.24, 2.45) is 0 Å². The van der Waals surface area contributed by atoms with E-state index in [0.717, 1.165) is 0 Å². The first-order chi connectivity index (χ1) is 12.8. The van der Waals surface area contributed by atoms with Crippen molar-refractivity contribution in [3.63, 3.8) is 0 Å². The minimum absolute atomic E-state index is 0.329. The number of benzene rings is 3. The van der Waals surface area contributed by atoms with Gasteiger partial charge in [0, 0.05) is 0 Å². The number of hydrogen-bond donors (Lipinski definition) is 3. The zero-order valence-corrected chi connectivity index (χ0v) is 21.4. The Balaban J connectivity index is 0.000000350. The third-order valence-electron chi connectivity index (χ3n) is 3.10. The van der Waals surface area contributed by atoms with Gasteiger partial charge in [0.15, 0.2) is 0 Å². The fourth-order valence-electron chi connectivity index (χ4n) is 1.63. The van der Waals surface area contributed by atoms with Gasteiger partial charge in [0.1, 0.15) is 17.2 Å². The molecule has 3 nitrogen and oxygen atoms in total. The minimum atomic E-state index is 0.329. The van der Waals surface area contributed by atoms with Gasteiger partial charge in [-0.05, 0) is 57.2 Å². The predicted octanol–water partition coefficient (Wildman–Crippen LogP) is 6.87. The molecule has 0 amide bonds. The first-order valence-corrected chi connectivity index (χ1v) is 18.1. The average molecular weight is 626 g/mol. The van der Waals surface area contributed by atoms with Crippen LogP contribution in [0.25, 0.3) is 0 Å². The average Bonchev–Trinajstić information content (AvgIpc) is 2.64. The van der Waals surface area contributed by atoms with Gasteiger partial charge in [0.2, 0.25) is 0 Å². The molecular formula is C21H24I2O3Ti. The molecule has 0 heterocycles. The summed E-state index contributed by atoms with van der Waals surface area (Å²) in [5.74, 6) is 0.988. The van der Waals surface area contributed by atoms with Crippen molar-refractivity contribution < 1.29 is 27.0 Å². The van der Waals surface area contributed by atoms with Crippen LogP contribution < -0.4 is 0 Å². The Kier molecular flexibility index (Phi) is 15.8. The van der Waals surface area contributed by atoms with E-state index in [1.165, 1.54) is 16.7 Å². The van der Waals surface area contributed by atoms with E-state index >= 15 is 0 Å². The van der Waals surface area contributed by atoms with Crippen LogP contribution in [0.2, 0.25) is 0 Å². The molecule has 0 aromatic heterocycles. The molecule has 6 heteroatoms. The molecule has 0 bridgehead atoms. The van der Waals surface area contributed by atoms with Gasteiger partial charge in [-0.2, -0.15) is 0 Å². The molecule has 3 aromatic carbocycles. The van der Waals surface area contributed by atoms with Crippen LogP contribution >= 0.6 is 38.4 Å². The zero-order chi connectivity index (χ0) is 20.7. The normalized spacial score (nSPS) is 8.63. The fourth-order valence-corrected chi connectivity index (χ4v) is 1.63. The molecule has 0 radical (unpaired) electrons.